The van der Waals surface area contributed by atoms with E-state index in [1.807, 2.05) is 84.9 Å². The van der Waals surface area contributed by atoms with Crippen molar-refractivity contribution in [1.82, 2.24) is 0 Å². The summed E-state index contributed by atoms with van der Waals surface area (Å²) < 4.78 is 11.9. The van der Waals surface area contributed by atoms with Crippen LogP contribution in [0.5, 0.6) is 11.5 Å². The standard InChI is InChI=1S/C34H33NO5/c36-30-18-16-29(17-19-30)34(22-8-3-9-23-34)33(37)39-31-20-14-26(15-21-31)24-35-40-32(28-12-6-2-7-13-28)38-25-27-10-4-1-5-11-27/h1-2,4-7,10-21,24,32,36H,3,8-9,22-23,25H2. The van der Waals surface area contributed by atoms with E-state index in [1.54, 1.807) is 30.5 Å². The Bertz CT molecular complexity index is 1380. The molecule has 1 atom stereocenters. The Hall–Kier alpha value is -4.42. The molecule has 4 aromatic carbocycles. The highest BCUT2D eigenvalue weighted by Crippen LogP contribution is 2.41. The van der Waals surface area contributed by atoms with Crippen molar-refractivity contribution in [2.24, 2.45) is 5.16 Å². The lowest BCUT2D eigenvalue weighted by molar-refractivity contribution is -0.153. The van der Waals surface area contributed by atoms with E-state index in [2.05, 4.69) is 5.16 Å². The number of hydrogen-bond donors (Lipinski definition) is 1. The molecule has 6 nitrogen and oxygen atoms in total. The second-order valence-electron chi connectivity index (χ2n) is 10.0. The molecule has 1 aliphatic rings. The third-order valence-electron chi connectivity index (χ3n) is 7.28. The number of rotatable bonds is 10. The molecular weight excluding hydrogens is 502 g/mol. The van der Waals surface area contributed by atoms with E-state index in [-0.39, 0.29) is 11.7 Å². The molecule has 40 heavy (non-hydrogen) atoms. The third kappa shape index (κ3) is 6.77. The number of phenolic OH excluding ortho intramolecular Hbond substituents is 1. The van der Waals surface area contributed by atoms with E-state index in [0.717, 1.165) is 54.4 Å². The molecule has 0 radical (unpaired) electrons. The van der Waals surface area contributed by atoms with Gasteiger partial charge in [-0.25, -0.2) is 0 Å². The van der Waals surface area contributed by atoms with Crippen LogP contribution < -0.4 is 4.74 Å². The predicted molar refractivity (Wildman–Crippen MR) is 154 cm³/mol. The van der Waals surface area contributed by atoms with Gasteiger partial charge in [0.15, 0.2) is 0 Å². The van der Waals surface area contributed by atoms with E-state index < -0.39 is 11.7 Å². The zero-order valence-corrected chi connectivity index (χ0v) is 22.3. The van der Waals surface area contributed by atoms with Crippen LogP contribution in [0.4, 0.5) is 0 Å². The molecule has 0 amide bonds. The number of carbonyl (C=O) groups is 1. The van der Waals surface area contributed by atoms with E-state index in [0.29, 0.717) is 12.4 Å². The van der Waals surface area contributed by atoms with E-state index in [1.165, 1.54) is 0 Å². The molecule has 204 valence electrons. The highest BCUT2D eigenvalue weighted by atomic mass is 16.8. The lowest BCUT2D eigenvalue weighted by atomic mass is 9.69. The maximum atomic E-state index is 13.5. The molecule has 0 spiro atoms. The first-order valence-electron chi connectivity index (χ1n) is 13.6. The Balaban J connectivity index is 1.23. The van der Waals surface area contributed by atoms with Gasteiger partial charge in [-0.3, -0.25) is 4.79 Å². The Morgan fingerprint density at radius 2 is 1.48 bits per heavy atom. The zero-order valence-electron chi connectivity index (χ0n) is 22.3. The highest BCUT2D eigenvalue weighted by Gasteiger charge is 2.43. The minimum atomic E-state index is -0.702. The second-order valence-corrected chi connectivity index (χ2v) is 10.0. The monoisotopic (exact) mass is 535 g/mol. The summed E-state index contributed by atoms with van der Waals surface area (Å²) in [6, 6.07) is 33.7. The first-order chi connectivity index (χ1) is 19.6. The summed E-state index contributed by atoms with van der Waals surface area (Å²) in [4.78, 5) is 19.2. The summed E-state index contributed by atoms with van der Waals surface area (Å²) in [5.74, 6) is 0.395. The molecule has 0 bridgehead atoms. The largest absolute Gasteiger partial charge is 0.508 e. The Morgan fingerprint density at radius 1 is 0.825 bits per heavy atom. The van der Waals surface area contributed by atoms with E-state index >= 15 is 0 Å². The van der Waals surface area contributed by atoms with Gasteiger partial charge in [-0.05, 0) is 65.9 Å². The Morgan fingerprint density at radius 3 is 2.15 bits per heavy atom. The van der Waals surface area contributed by atoms with Gasteiger partial charge in [0.1, 0.15) is 11.5 Å². The Labute approximate surface area is 234 Å². The molecule has 0 heterocycles. The maximum absolute atomic E-state index is 13.5. The predicted octanol–water partition coefficient (Wildman–Crippen LogP) is 7.47. The molecule has 0 aromatic heterocycles. The van der Waals surface area contributed by atoms with Crippen LogP contribution >= 0.6 is 0 Å². The molecule has 6 heteroatoms. The average Bonchev–Trinajstić information content (AvgIpc) is 3.01. The zero-order chi connectivity index (χ0) is 27.6. The van der Waals surface area contributed by atoms with Crippen LogP contribution in [0.15, 0.2) is 114 Å². The summed E-state index contributed by atoms with van der Waals surface area (Å²) >= 11 is 0. The van der Waals surface area contributed by atoms with Gasteiger partial charge in [-0.1, -0.05) is 97.2 Å². The molecule has 4 aromatic rings. The number of esters is 1. The van der Waals surface area contributed by atoms with Crippen LogP contribution in [0.2, 0.25) is 0 Å². The minimum absolute atomic E-state index is 0.183. The number of ether oxygens (including phenoxy) is 2. The molecule has 0 saturated heterocycles. The van der Waals surface area contributed by atoms with Crippen LogP contribution in [-0.2, 0) is 26.4 Å². The van der Waals surface area contributed by atoms with Crippen molar-refractivity contribution in [2.45, 2.75) is 50.4 Å². The van der Waals surface area contributed by atoms with Crippen molar-refractivity contribution >= 4 is 12.2 Å². The number of phenols is 1. The van der Waals surface area contributed by atoms with Crippen molar-refractivity contribution in [3.63, 3.8) is 0 Å². The summed E-state index contributed by atoms with van der Waals surface area (Å²) in [6.07, 6.45) is 5.43. The summed E-state index contributed by atoms with van der Waals surface area (Å²) in [5, 5.41) is 13.9. The van der Waals surface area contributed by atoms with Crippen molar-refractivity contribution in [2.75, 3.05) is 0 Å². The summed E-state index contributed by atoms with van der Waals surface area (Å²) in [5.41, 5.74) is 2.88. The number of benzene rings is 4. The number of aromatic hydroxyl groups is 1. The van der Waals surface area contributed by atoms with Crippen molar-refractivity contribution in [3.8, 4) is 11.5 Å². The van der Waals surface area contributed by atoms with Crippen LogP contribution in [0.3, 0.4) is 0 Å². The van der Waals surface area contributed by atoms with Gasteiger partial charge in [-0.2, -0.15) is 0 Å². The smallest absolute Gasteiger partial charge is 0.321 e. The first-order valence-corrected chi connectivity index (χ1v) is 13.6. The molecule has 1 fully saturated rings. The van der Waals surface area contributed by atoms with Crippen molar-refractivity contribution in [1.29, 1.82) is 0 Å². The minimum Gasteiger partial charge on any atom is -0.508 e. The average molecular weight is 536 g/mol. The Kier molecular flexibility index (Phi) is 8.89. The van der Waals surface area contributed by atoms with Crippen LogP contribution in [-0.4, -0.2) is 17.3 Å². The van der Waals surface area contributed by atoms with Crippen LogP contribution in [0.25, 0.3) is 0 Å². The van der Waals surface area contributed by atoms with Crippen LogP contribution in [0, 0.1) is 0 Å². The fourth-order valence-corrected chi connectivity index (χ4v) is 5.06. The molecule has 1 unspecified atom stereocenters. The second kappa shape index (κ2) is 13.1. The first kappa shape index (κ1) is 27.2. The molecular formula is C34H33NO5. The third-order valence-corrected chi connectivity index (χ3v) is 7.28. The van der Waals surface area contributed by atoms with Gasteiger partial charge in [0.05, 0.1) is 18.2 Å². The SMILES string of the molecule is O=C(Oc1ccc(C=NOC(OCc2ccccc2)c2ccccc2)cc1)C1(c2ccc(O)cc2)CCCCC1. The van der Waals surface area contributed by atoms with Gasteiger partial charge in [0.2, 0.25) is 0 Å². The van der Waals surface area contributed by atoms with Gasteiger partial charge in [0.25, 0.3) is 6.29 Å². The lowest BCUT2D eigenvalue weighted by Crippen LogP contribution is -2.41. The van der Waals surface area contributed by atoms with Gasteiger partial charge < -0.3 is 19.4 Å². The van der Waals surface area contributed by atoms with Gasteiger partial charge in [-0.15, -0.1) is 0 Å². The van der Waals surface area contributed by atoms with E-state index in [9.17, 15) is 9.90 Å². The molecule has 1 aliphatic carbocycles. The number of nitrogens with zero attached hydrogens (tertiary/aromatic N) is 1. The number of hydrogen-bond acceptors (Lipinski definition) is 6. The number of carbonyl (C=O) groups excluding carboxylic acids is 1. The maximum Gasteiger partial charge on any atom is 0.321 e. The molecule has 1 saturated carbocycles. The normalized spacial score (nSPS) is 15.4. The fourth-order valence-electron chi connectivity index (χ4n) is 5.06. The molecule has 1 N–H and O–H groups in total. The molecule has 0 aliphatic heterocycles. The van der Waals surface area contributed by atoms with Gasteiger partial charge in [0, 0.05) is 5.56 Å². The molecule has 5 rings (SSSR count). The van der Waals surface area contributed by atoms with E-state index in [4.69, 9.17) is 14.3 Å². The van der Waals surface area contributed by atoms with Crippen molar-refractivity contribution in [3.05, 3.63) is 131 Å². The summed E-state index contributed by atoms with van der Waals surface area (Å²) in [7, 11) is 0. The quantitative estimate of drug-likeness (QED) is 0.0750. The summed E-state index contributed by atoms with van der Waals surface area (Å²) in [6.45, 7) is 0.390. The van der Waals surface area contributed by atoms with Crippen molar-refractivity contribution < 1.29 is 24.2 Å². The topological polar surface area (TPSA) is 77.4 Å². The lowest BCUT2D eigenvalue weighted by Gasteiger charge is -2.35. The van der Waals surface area contributed by atoms with Crippen LogP contribution in [0.1, 0.15) is 60.6 Å². The fraction of sp³-hybridized carbons (Fsp3) is 0.235. The highest BCUT2D eigenvalue weighted by molar-refractivity contribution is 5.85. The number of oxime groups is 1. The van der Waals surface area contributed by atoms with Gasteiger partial charge >= 0.3 is 5.97 Å².